The molecule has 0 aliphatic heterocycles. The molecule has 0 fully saturated rings. The average Bonchev–Trinajstić information content (AvgIpc) is 2.94. The number of hydrogen-bond acceptors (Lipinski definition) is 6. The van der Waals surface area contributed by atoms with E-state index in [1.807, 2.05) is 18.2 Å². The smallest absolute Gasteiger partial charge is 0.237 e. The lowest BCUT2D eigenvalue weighted by Gasteiger charge is -2.00. The summed E-state index contributed by atoms with van der Waals surface area (Å²) in [5.41, 5.74) is 0. The molecule has 2 aromatic heterocycles. The Bertz CT molecular complexity index is 559. The topological polar surface area (TPSA) is 80.9 Å². The third-order valence-corrected chi connectivity index (χ3v) is 3.59. The van der Waals surface area contributed by atoms with Crippen molar-refractivity contribution in [3.8, 4) is 0 Å². The predicted octanol–water partition coefficient (Wildman–Crippen LogP) is 2.22. The first kappa shape index (κ1) is 15.5. The second kappa shape index (κ2) is 8.41. The molecule has 1 amide bonds. The van der Waals surface area contributed by atoms with E-state index in [0.717, 1.165) is 17.9 Å². The van der Waals surface area contributed by atoms with E-state index in [-0.39, 0.29) is 12.3 Å². The zero-order chi connectivity index (χ0) is 14.9. The van der Waals surface area contributed by atoms with Crippen molar-refractivity contribution in [2.24, 2.45) is 0 Å². The van der Waals surface area contributed by atoms with Crippen LogP contribution in [-0.2, 0) is 17.0 Å². The van der Waals surface area contributed by atoms with Gasteiger partial charge in [-0.3, -0.25) is 4.79 Å². The maximum Gasteiger partial charge on any atom is 0.237 e. The fourth-order valence-corrected chi connectivity index (χ4v) is 2.30. The molecule has 6 nitrogen and oxygen atoms in total. The first-order chi connectivity index (χ1) is 10.3. The summed E-state index contributed by atoms with van der Waals surface area (Å²) in [7, 11) is 0. The van der Waals surface area contributed by atoms with Crippen LogP contribution >= 0.6 is 11.8 Å². The van der Waals surface area contributed by atoms with E-state index < -0.39 is 0 Å². The van der Waals surface area contributed by atoms with Crippen LogP contribution in [-0.4, -0.2) is 27.6 Å². The zero-order valence-electron chi connectivity index (χ0n) is 11.9. The average molecular weight is 306 g/mol. The third kappa shape index (κ3) is 5.55. The van der Waals surface area contributed by atoms with Crippen molar-refractivity contribution in [1.82, 2.24) is 20.4 Å². The van der Waals surface area contributed by atoms with Crippen molar-refractivity contribution in [2.75, 3.05) is 6.54 Å². The number of unbranched alkanes of at least 4 members (excludes halogenated alkanes) is 1. The van der Waals surface area contributed by atoms with Crippen LogP contribution < -0.4 is 5.32 Å². The highest BCUT2D eigenvalue weighted by atomic mass is 32.2. The summed E-state index contributed by atoms with van der Waals surface area (Å²) < 4.78 is 5.12. The molecule has 0 radical (unpaired) electrons. The van der Waals surface area contributed by atoms with Gasteiger partial charge in [-0.2, -0.15) is 4.98 Å². The minimum atomic E-state index is -0.0758. The molecule has 2 heterocycles. The summed E-state index contributed by atoms with van der Waals surface area (Å²) in [5, 5.41) is 7.54. The summed E-state index contributed by atoms with van der Waals surface area (Å²) in [6.07, 6.45) is 3.92. The van der Waals surface area contributed by atoms with Crippen molar-refractivity contribution in [3.05, 3.63) is 36.1 Å². The normalized spacial score (nSPS) is 10.5. The number of nitrogens with one attached hydrogen (secondary N) is 1. The van der Waals surface area contributed by atoms with Gasteiger partial charge in [0.1, 0.15) is 0 Å². The van der Waals surface area contributed by atoms with Crippen LogP contribution in [0.5, 0.6) is 0 Å². The Morgan fingerprint density at radius 3 is 3.10 bits per heavy atom. The molecular weight excluding hydrogens is 288 g/mol. The standard InChI is InChI=1S/C14H18N4O2S/c1-2-3-7-15-12(19)9-11-17-13(20-18-11)10-21-14-6-4-5-8-16-14/h4-6,8H,2-3,7,9-10H2,1H3,(H,15,19). The van der Waals surface area contributed by atoms with Gasteiger partial charge < -0.3 is 9.84 Å². The molecule has 0 bridgehead atoms. The third-order valence-electron chi connectivity index (χ3n) is 2.66. The molecule has 0 aliphatic rings. The second-order valence-electron chi connectivity index (χ2n) is 4.44. The maximum atomic E-state index is 11.6. The van der Waals surface area contributed by atoms with E-state index >= 15 is 0 Å². The predicted molar refractivity (Wildman–Crippen MR) is 79.7 cm³/mol. The Morgan fingerprint density at radius 2 is 2.33 bits per heavy atom. The van der Waals surface area contributed by atoms with E-state index in [2.05, 4.69) is 27.4 Å². The summed E-state index contributed by atoms with van der Waals surface area (Å²) >= 11 is 1.51. The van der Waals surface area contributed by atoms with Gasteiger partial charge >= 0.3 is 0 Å². The number of amides is 1. The highest BCUT2D eigenvalue weighted by Crippen LogP contribution is 2.18. The van der Waals surface area contributed by atoms with Crippen molar-refractivity contribution in [2.45, 2.75) is 37.0 Å². The molecule has 2 aromatic rings. The van der Waals surface area contributed by atoms with Gasteiger partial charge in [-0.05, 0) is 18.6 Å². The molecule has 0 saturated heterocycles. The number of thioether (sulfide) groups is 1. The molecule has 0 aromatic carbocycles. The van der Waals surface area contributed by atoms with Crippen molar-refractivity contribution >= 4 is 17.7 Å². The Balaban J connectivity index is 1.77. The second-order valence-corrected chi connectivity index (χ2v) is 5.44. The summed E-state index contributed by atoms with van der Waals surface area (Å²) in [4.78, 5) is 20.0. The fourth-order valence-electron chi connectivity index (χ4n) is 1.60. The van der Waals surface area contributed by atoms with Gasteiger partial charge in [-0.1, -0.05) is 36.3 Å². The molecule has 112 valence electrons. The van der Waals surface area contributed by atoms with Crippen LogP contribution in [0.15, 0.2) is 33.9 Å². The molecular formula is C14H18N4O2S. The molecule has 0 unspecified atom stereocenters. The SMILES string of the molecule is CCCCNC(=O)Cc1noc(CSc2ccccn2)n1. The van der Waals surface area contributed by atoms with E-state index in [0.29, 0.717) is 24.0 Å². The maximum absolute atomic E-state index is 11.6. The van der Waals surface area contributed by atoms with Gasteiger partial charge in [-0.25, -0.2) is 4.98 Å². The van der Waals surface area contributed by atoms with Gasteiger partial charge in [0.25, 0.3) is 0 Å². The Kier molecular flexibility index (Phi) is 6.21. The van der Waals surface area contributed by atoms with E-state index in [1.165, 1.54) is 11.8 Å². The fraction of sp³-hybridized carbons (Fsp3) is 0.429. The molecule has 21 heavy (non-hydrogen) atoms. The van der Waals surface area contributed by atoms with Crippen LogP contribution in [0.2, 0.25) is 0 Å². The lowest BCUT2D eigenvalue weighted by molar-refractivity contribution is -0.120. The highest BCUT2D eigenvalue weighted by Gasteiger charge is 2.11. The number of carbonyl (C=O) groups excluding carboxylic acids is 1. The van der Waals surface area contributed by atoms with Crippen molar-refractivity contribution in [3.63, 3.8) is 0 Å². The summed E-state index contributed by atoms with van der Waals surface area (Å²) in [6.45, 7) is 2.77. The van der Waals surface area contributed by atoms with Crippen molar-refractivity contribution < 1.29 is 9.32 Å². The minimum absolute atomic E-state index is 0.0758. The molecule has 7 heteroatoms. The monoisotopic (exact) mass is 306 g/mol. The first-order valence-corrected chi connectivity index (χ1v) is 7.88. The lowest BCUT2D eigenvalue weighted by atomic mass is 10.3. The highest BCUT2D eigenvalue weighted by molar-refractivity contribution is 7.98. The van der Waals surface area contributed by atoms with Gasteiger partial charge in [0.2, 0.25) is 11.8 Å². The van der Waals surface area contributed by atoms with Crippen LogP contribution in [0.25, 0.3) is 0 Å². The van der Waals surface area contributed by atoms with Crippen LogP contribution in [0.3, 0.4) is 0 Å². The molecule has 0 atom stereocenters. The van der Waals surface area contributed by atoms with Gasteiger partial charge in [0, 0.05) is 12.7 Å². The number of aromatic nitrogens is 3. The lowest BCUT2D eigenvalue weighted by Crippen LogP contribution is -2.26. The van der Waals surface area contributed by atoms with Crippen LogP contribution in [0.4, 0.5) is 0 Å². The number of rotatable bonds is 8. The zero-order valence-corrected chi connectivity index (χ0v) is 12.7. The Labute approximate surface area is 127 Å². The molecule has 2 rings (SSSR count). The minimum Gasteiger partial charge on any atom is -0.356 e. The molecule has 1 N–H and O–H groups in total. The number of pyridine rings is 1. The Hall–Kier alpha value is -1.89. The van der Waals surface area contributed by atoms with Crippen molar-refractivity contribution in [1.29, 1.82) is 0 Å². The Morgan fingerprint density at radius 1 is 1.43 bits per heavy atom. The number of nitrogens with zero attached hydrogens (tertiary/aromatic N) is 3. The van der Waals surface area contributed by atoms with Crippen LogP contribution in [0.1, 0.15) is 31.5 Å². The summed E-state index contributed by atoms with van der Waals surface area (Å²) in [6, 6.07) is 5.71. The molecule has 0 spiro atoms. The van der Waals surface area contributed by atoms with E-state index in [4.69, 9.17) is 4.52 Å². The van der Waals surface area contributed by atoms with E-state index in [9.17, 15) is 4.79 Å². The summed E-state index contributed by atoms with van der Waals surface area (Å²) in [5.74, 6) is 1.39. The molecule has 0 saturated carbocycles. The number of hydrogen-bond donors (Lipinski definition) is 1. The number of carbonyl (C=O) groups is 1. The van der Waals surface area contributed by atoms with Gasteiger partial charge in [0.15, 0.2) is 5.82 Å². The van der Waals surface area contributed by atoms with E-state index in [1.54, 1.807) is 6.20 Å². The van der Waals surface area contributed by atoms with Gasteiger partial charge in [-0.15, -0.1) is 0 Å². The molecule has 0 aliphatic carbocycles. The first-order valence-electron chi connectivity index (χ1n) is 6.90. The quantitative estimate of drug-likeness (QED) is 0.595. The van der Waals surface area contributed by atoms with Crippen LogP contribution in [0, 0.1) is 0 Å². The van der Waals surface area contributed by atoms with Gasteiger partial charge in [0.05, 0.1) is 17.2 Å². The largest absolute Gasteiger partial charge is 0.356 e.